The number of benzene rings is 1. The highest BCUT2D eigenvalue weighted by Gasteiger charge is 2.23. The zero-order valence-corrected chi connectivity index (χ0v) is 12.0. The lowest BCUT2D eigenvalue weighted by atomic mass is 9.93. The molecular weight excluding hydrogens is 258 g/mol. The zero-order chi connectivity index (χ0) is 13.4. The first-order chi connectivity index (χ1) is 9.15. The Morgan fingerprint density at radius 3 is 3.05 bits per heavy atom. The Bertz CT molecular complexity index is 603. The summed E-state index contributed by atoms with van der Waals surface area (Å²) in [6.45, 7) is 2.05. The predicted molar refractivity (Wildman–Crippen MR) is 78.7 cm³/mol. The number of aromatic nitrogens is 2. The van der Waals surface area contributed by atoms with Crippen LogP contribution in [-0.4, -0.2) is 9.78 Å². The summed E-state index contributed by atoms with van der Waals surface area (Å²) in [7, 11) is 2.01. The second kappa shape index (κ2) is 4.89. The molecule has 1 aliphatic carbocycles. The van der Waals surface area contributed by atoms with Gasteiger partial charge in [0.1, 0.15) is 0 Å². The van der Waals surface area contributed by atoms with Gasteiger partial charge in [0.15, 0.2) is 0 Å². The van der Waals surface area contributed by atoms with Gasteiger partial charge in [0.05, 0.1) is 22.9 Å². The third kappa shape index (κ3) is 2.35. The third-order valence-corrected chi connectivity index (χ3v) is 4.14. The number of hydrogen-bond donors (Lipinski definition) is 1. The molecule has 1 aromatic heterocycles. The van der Waals surface area contributed by atoms with Crippen LogP contribution in [0.4, 0.5) is 5.69 Å². The molecule has 0 saturated heterocycles. The predicted octanol–water partition coefficient (Wildman–Crippen LogP) is 3.87. The molecule has 1 unspecified atom stereocenters. The fourth-order valence-electron chi connectivity index (χ4n) is 2.78. The Morgan fingerprint density at radius 1 is 1.42 bits per heavy atom. The van der Waals surface area contributed by atoms with Gasteiger partial charge >= 0.3 is 0 Å². The highest BCUT2D eigenvalue weighted by Crippen LogP contribution is 2.34. The molecule has 3 nitrogen and oxygen atoms in total. The van der Waals surface area contributed by atoms with Crippen molar-refractivity contribution < 1.29 is 0 Å². The van der Waals surface area contributed by atoms with Crippen molar-refractivity contribution in [2.24, 2.45) is 7.05 Å². The molecule has 0 bridgehead atoms. The van der Waals surface area contributed by atoms with E-state index in [9.17, 15) is 0 Å². The van der Waals surface area contributed by atoms with E-state index in [1.807, 2.05) is 24.0 Å². The molecule has 0 amide bonds. The summed E-state index contributed by atoms with van der Waals surface area (Å²) in [4.78, 5) is 0. The molecule has 3 rings (SSSR count). The van der Waals surface area contributed by atoms with Crippen molar-refractivity contribution in [2.75, 3.05) is 5.32 Å². The minimum atomic E-state index is 0.317. The van der Waals surface area contributed by atoms with Gasteiger partial charge in [-0.3, -0.25) is 4.68 Å². The lowest BCUT2D eigenvalue weighted by Crippen LogP contribution is -2.18. The average molecular weight is 276 g/mol. The number of aryl methyl sites for hydroxylation is 2. The quantitative estimate of drug-likeness (QED) is 0.902. The van der Waals surface area contributed by atoms with Crippen LogP contribution in [0.5, 0.6) is 0 Å². The molecule has 100 valence electrons. The molecule has 1 atom stereocenters. The average Bonchev–Trinajstić information content (AvgIpc) is 2.76. The van der Waals surface area contributed by atoms with Crippen LogP contribution in [0.25, 0.3) is 0 Å². The molecule has 1 heterocycles. The second-order valence-electron chi connectivity index (χ2n) is 5.24. The van der Waals surface area contributed by atoms with E-state index in [-0.39, 0.29) is 0 Å². The van der Waals surface area contributed by atoms with Crippen molar-refractivity contribution in [3.05, 3.63) is 46.2 Å². The second-order valence-corrected chi connectivity index (χ2v) is 5.65. The van der Waals surface area contributed by atoms with E-state index in [2.05, 4.69) is 29.5 Å². The Balaban J connectivity index is 1.88. The van der Waals surface area contributed by atoms with Crippen LogP contribution in [0.3, 0.4) is 0 Å². The summed E-state index contributed by atoms with van der Waals surface area (Å²) in [5.41, 5.74) is 4.84. The number of rotatable bonds is 2. The molecule has 1 N–H and O–H groups in total. The van der Waals surface area contributed by atoms with Gasteiger partial charge in [0.2, 0.25) is 0 Å². The van der Waals surface area contributed by atoms with Crippen molar-refractivity contribution in [1.29, 1.82) is 0 Å². The van der Waals surface area contributed by atoms with Crippen LogP contribution in [0, 0.1) is 6.92 Å². The summed E-state index contributed by atoms with van der Waals surface area (Å²) in [6.07, 6.45) is 5.41. The van der Waals surface area contributed by atoms with E-state index in [0.717, 1.165) is 23.6 Å². The number of anilines is 1. The molecule has 4 heteroatoms. The van der Waals surface area contributed by atoms with Crippen LogP contribution in [-0.2, 0) is 13.5 Å². The first-order valence-electron chi connectivity index (χ1n) is 6.68. The minimum Gasteiger partial charge on any atom is -0.377 e. The largest absolute Gasteiger partial charge is 0.377 e. The lowest BCUT2D eigenvalue weighted by molar-refractivity contribution is 0.571. The maximum atomic E-state index is 6.30. The topological polar surface area (TPSA) is 29.9 Å². The first kappa shape index (κ1) is 12.5. The molecule has 0 aliphatic heterocycles. The van der Waals surface area contributed by atoms with E-state index in [1.165, 1.54) is 23.2 Å². The lowest BCUT2D eigenvalue weighted by Gasteiger charge is -2.25. The van der Waals surface area contributed by atoms with Crippen molar-refractivity contribution in [1.82, 2.24) is 9.78 Å². The van der Waals surface area contributed by atoms with Crippen molar-refractivity contribution in [3.63, 3.8) is 0 Å². The first-order valence-corrected chi connectivity index (χ1v) is 7.06. The molecule has 2 aromatic rings. The fraction of sp³-hybridized carbons (Fsp3) is 0.400. The van der Waals surface area contributed by atoms with Gasteiger partial charge in [-0.05, 0) is 43.9 Å². The fourth-order valence-corrected chi connectivity index (χ4v) is 3.07. The van der Waals surface area contributed by atoms with Crippen LogP contribution in [0.2, 0.25) is 5.02 Å². The Labute approximate surface area is 118 Å². The number of fused-ring (bicyclic) bond motifs is 1. The summed E-state index contributed by atoms with van der Waals surface area (Å²) in [5, 5.41) is 8.72. The van der Waals surface area contributed by atoms with Gasteiger partial charge in [0, 0.05) is 18.3 Å². The molecule has 0 saturated carbocycles. The van der Waals surface area contributed by atoms with Gasteiger partial charge in [-0.1, -0.05) is 17.7 Å². The van der Waals surface area contributed by atoms with Gasteiger partial charge in [-0.15, -0.1) is 0 Å². The maximum absolute atomic E-state index is 6.30. The van der Waals surface area contributed by atoms with E-state index < -0.39 is 0 Å². The van der Waals surface area contributed by atoms with Gasteiger partial charge < -0.3 is 5.32 Å². The van der Waals surface area contributed by atoms with Crippen LogP contribution in [0.1, 0.15) is 35.7 Å². The van der Waals surface area contributed by atoms with E-state index >= 15 is 0 Å². The van der Waals surface area contributed by atoms with Gasteiger partial charge in [-0.2, -0.15) is 5.10 Å². The van der Waals surface area contributed by atoms with E-state index in [4.69, 9.17) is 11.6 Å². The van der Waals surface area contributed by atoms with Crippen molar-refractivity contribution >= 4 is 17.3 Å². The Morgan fingerprint density at radius 2 is 2.26 bits per heavy atom. The summed E-state index contributed by atoms with van der Waals surface area (Å²) < 4.78 is 1.99. The highest BCUT2D eigenvalue weighted by atomic mass is 35.5. The van der Waals surface area contributed by atoms with Gasteiger partial charge in [-0.25, -0.2) is 0 Å². The molecule has 0 fully saturated rings. The van der Waals surface area contributed by atoms with Crippen molar-refractivity contribution in [2.45, 2.75) is 32.2 Å². The summed E-state index contributed by atoms with van der Waals surface area (Å²) in [5.74, 6) is 0. The minimum absolute atomic E-state index is 0.317. The molecule has 0 spiro atoms. The Kier molecular flexibility index (Phi) is 3.23. The normalized spacial score (nSPS) is 18.2. The molecule has 19 heavy (non-hydrogen) atoms. The maximum Gasteiger partial charge on any atom is 0.0640 e. The zero-order valence-electron chi connectivity index (χ0n) is 11.3. The van der Waals surface area contributed by atoms with Crippen molar-refractivity contribution in [3.8, 4) is 0 Å². The monoisotopic (exact) mass is 275 g/mol. The standard InChI is InChI=1S/C15H18ClN3/c1-10-6-7-14(12(16)8-10)18-13-4-3-5-15-11(13)9-17-19(15)2/h6-9,13,18H,3-5H2,1-2H3. The highest BCUT2D eigenvalue weighted by molar-refractivity contribution is 6.33. The van der Waals surface area contributed by atoms with Gasteiger partial charge in [0.25, 0.3) is 0 Å². The number of halogens is 1. The molecule has 0 radical (unpaired) electrons. The molecule has 1 aliphatic rings. The Hall–Kier alpha value is -1.48. The smallest absolute Gasteiger partial charge is 0.0640 e. The van der Waals surface area contributed by atoms with Crippen LogP contribution >= 0.6 is 11.6 Å². The number of nitrogens with one attached hydrogen (secondary N) is 1. The number of hydrogen-bond acceptors (Lipinski definition) is 2. The third-order valence-electron chi connectivity index (χ3n) is 3.83. The SMILES string of the molecule is Cc1ccc(NC2CCCc3c2cnn3C)c(Cl)c1. The van der Waals surface area contributed by atoms with E-state index in [0.29, 0.717) is 6.04 Å². The van der Waals surface area contributed by atoms with E-state index in [1.54, 1.807) is 0 Å². The molecule has 1 aromatic carbocycles. The summed E-state index contributed by atoms with van der Waals surface area (Å²) in [6, 6.07) is 6.46. The summed E-state index contributed by atoms with van der Waals surface area (Å²) >= 11 is 6.30. The number of nitrogens with zero attached hydrogens (tertiary/aromatic N) is 2. The van der Waals surface area contributed by atoms with Crippen LogP contribution in [0.15, 0.2) is 24.4 Å². The molecular formula is C15H18ClN3. The van der Waals surface area contributed by atoms with Crippen LogP contribution < -0.4 is 5.32 Å².